The maximum Gasteiger partial charge on any atom is 0.204 e. The zero-order chi connectivity index (χ0) is 20.6. The average Bonchev–Trinajstić information content (AvgIpc) is 2.76. The van der Waals surface area contributed by atoms with Crippen LogP contribution in [0.3, 0.4) is 0 Å². The Bertz CT molecular complexity index is 768. The van der Waals surface area contributed by atoms with Crippen molar-refractivity contribution < 1.29 is 23.0 Å². The summed E-state index contributed by atoms with van der Waals surface area (Å²) in [5.74, 6) is -1.85. The summed E-state index contributed by atoms with van der Waals surface area (Å²) in [5.41, 5.74) is 2.15. The highest BCUT2D eigenvalue weighted by Crippen LogP contribution is 2.31. The van der Waals surface area contributed by atoms with Gasteiger partial charge >= 0.3 is 0 Å². The van der Waals surface area contributed by atoms with Gasteiger partial charge in [0.05, 0.1) is 19.3 Å². The topological polar surface area (TPSA) is 27.7 Å². The van der Waals surface area contributed by atoms with Crippen LogP contribution >= 0.6 is 0 Å². The van der Waals surface area contributed by atoms with Gasteiger partial charge in [-0.25, -0.2) is 0 Å². The molecule has 5 heteroatoms. The fraction of sp³-hybridized carbons (Fsp3) is 0.500. The first-order valence-corrected chi connectivity index (χ1v) is 10.6. The zero-order valence-corrected chi connectivity index (χ0v) is 17.3. The molecular weight excluding hydrogens is 374 g/mol. The average molecular weight is 404 g/mol. The zero-order valence-electron chi connectivity index (χ0n) is 17.3. The molecule has 1 heterocycles. The number of ether oxygens (including phenoxy) is 3. The van der Waals surface area contributed by atoms with Crippen molar-refractivity contribution in [2.45, 2.75) is 64.6 Å². The Hall–Kier alpha value is -2.14. The van der Waals surface area contributed by atoms with Crippen LogP contribution in [0.2, 0.25) is 0 Å². The highest BCUT2D eigenvalue weighted by molar-refractivity contribution is 5.35. The predicted octanol–water partition coefficient (Wildman–Crippen LogP) is 6.40. The smallest absolute Gasteiger partial charge is 0.204 e. The lowest BCUT2D eigenvalue weighted by molar-refractivity contribution is -0.00189. The van der Waals surface area contributed by atoms with Gasteiger partial charge < -0.3 is 14.2 Å². The third-order valence-electron chi connectivity index (χ3n) is 5.41. The summed E-state index contributed by atoms with van der Waals surface area (Å²) in [6.07, 6.45) is 6.24. The van der Waals surface area contributed by atoms with Crippen molar-refractivity contribution in [3.05, 3.63) is 59.2 Å². The van der Waals surface area contributed by atoms with E-state index in [9.17, 15) is 8.78 Å². The predicted molar refractivity (Wildman–Crippen MR) is 110 cm³/mol. The van der Waals surface area contributed by atoms with Crippen molar-refractivity contribution in [3.8, 4) is 11.5 Å². The summed E-state index contributed by atoms with van der Waals surface area (Å²) in [4.78, 5) is 0. The normalized spacial score (nSPS) is 19.2. The molecule has 2 aromatic rings. The lowest BCUT2D eigenvalue weighted by atomic mass is 9.90. The van der Waals surface area contributed by atoms with Crippen molar-refractivity contribution in [3.63, 3.8) is 0 Å². The molecule has 158 valence electrons. The highest BCUT2D eigenvalue weighted by atomic mass is 19.2. The molecule has 2 aromatic carbocycles. The van der Waals surface area contributed by atoms with Crippen LogP contribution in [0.25, 0.3) is 0 Å². The molecular formula is C24H30F2O3. The minimum absolute atomic E-state index is 0.103. The molecule has 0 N–H and O–H groups in total. The Morgan fingerprint density at radius 2 is 1.62 bits per heavy atom. The first-order valence-electron chi connectivity index (χ1n) is 10.6. The van der Waals surface area contributed by atoms with Crippen molar-refractivity contribution in [1.82, 2.24) is 0 Å². The van der Waals surface area contributed by atoms with Crippen LogP contribution in [-0.4, -0.2) is 19.3 Å². The van der Waals surface area contributed by atoms with Gasteiger partial charge in [-0.15, -0.1) is 0 Å². The van der Waals surface area contributed by atoms with Crippen LogP contribution in [0.1, 0.15) is 63.0 Å². The standard InChI is InChI=1S/C24H30F2O3/c1-3-5-6-20-12-11-19(16-28-20)18-9-7-17(8-10-18)15-29-22-14-13-21(27-4-2)23(25)24(22)26/h7-10,13-14,19-20H,3-6,11-12,15-16H2,1-2H3. The molecule has 0 radical (unpaired) electrons. The quantitative estimate of drug-likeness (QED) is 0.484. The summed E-state index contributed by atoms with van der Waals surface area (Å²) >= 11 is 0. The van der Waals surface area contributed by atoms with E-state index in [2.05, 4.69) is 19.1 Å². The Kier molecular flexibility index (Phi) is 7.87. The molecule has 1 saturated heterocycles. The molecule has 2 unspecified atom stereocenters. The third kappa shape index (κ3) is 5.69. The maximum absolute atomic E-state index is 14.1. The fourth-order valence-corrected chi connectivity index (χ4v) is 3.67. The molecule has 0 amide bonds. The van der Waals surface area contributed by atoms with E-state index in [1.54, 1.807) is 6.92 Å². The first kappa shape index (κ1) is 21.6. The number of halogens is 2. The lowest BCUT2D eigenvalue weighted by Gasteiger charge is -2.29. The van der Waals surface area contributed by atoms with Gasteiger partial charge in [-0.2, -0.15) is 8.78 Å². The third-order valence-corrected chi connectivity index (χ3v) is 5.41. The number of hydrogen-bond acceptors (Lipinski definition) is 3. The van der Waals surface area contributed by atoms with E-state index in [4.69, 9.17) is 14.2 Å². The molecule has 0 aliphatic carbocycles. The van der Waals surface area contributed by atoms with Gasteiger partial charge in [0.15, 0.2) is 11.5 Å². The molecule has 1 fully saturated rings. The molecule has 0 aromatic heterocycles. The minimum Gasteiger partial charge on any atom is -0.491 e. The second-order valence-corrected chi connectivity index (χ2v) is 7.52. The Labute approximate surface area is 172 Å². The summed E-state index contributed by atoms with van der Waals surface area (Å²) < 4.78 is 44.6. The molecule has 0 saturated carbocycles. The second kappa shape index (κ2) is 10.6. The van der Waals surface area contributed by atoms with Crippen molar-refractivity contribution >= 4 is 0 Å². The van der Waals surface area contributed by atoms with E-state index in [0.29, 0.717) is 12.0 Å². The number of benzene rings is 2. The number of unbranched alkanes of at least 4 members (excludes halogenated alkanes) is 1. The van der Waals surface area contributed by atoms with Gasteiger partial charge in [0, 0.05) is 5.92 Å². The van der Waals surface area contributed by atoms with Crippen LogP contribution in [-0.2, 0) is 11.3 Å². The van der Waals surface area contributed by atoms with Gasteiger partial charge in [-0.1, -0.05) is 44.0 Å². The van der Waals surface area contributed by atoms with E-state index in [1.165, 1.54) is 30.5 Å². The summed E-state index contributed by atoms with van der Waals surface area (Å²) in [6, 6.07) is 10.9. The van der Waals surface area contributed by atoms with E-state index in [-0.39, 0.29) is 24.7 Å². The van der Waals surface area contributed by atoms with Gasteiger partial charge in [0.2, 0.25) is 11.6 Å². The Morgan fingerprint density at radius 3 is 2.21 bits per heavy atom. The molecule has 1 aliphatic heterocycles. The molecule has 0 bridgehead atoms. The fourth-order valence-electron chi connectivity index (χ4n) is 3.67. The summed E-state index contributed by atoms with van der Waals surface area (Å²) in [6.45, 7) is 5.13. The van der Waals surface area contributed by atoms with E-state index >= 15 is 0 Å². The second-order valence-electron chi connectivity index (χ2n) is 7.52. The van der Waals surface area contributed by atoms with Crippen LogP contribution in [0, 0.1) is 11.6 Å². The molecule has 3 nitrogen and oxygen atoms in total. The van der Waals surface area contributed by atoms with Gasteiger partial charge in [-0.05, 0) is 49.4 Å². The van der Waals surface area contributed by atoms with Gasteiger partial charge in [0.25, 0.3) is 0 Å². The van der Waals surface area contributed by atoms with Crippen LogP contribution in [0.5, 0.6) is 11.5 Å². The lowest BCUT2D eigenvalue weighted by Crippen LogP contribution is -2.24. The Morgan fingerprint density at radius 1 is 0.931 bits per heavy atom. The summed E-state index contributed by atoms with van der Waals surface area (Å²) in [7, 11) is 0. The SMILES string of the molecule is CCCCC1CCC(c2ccc(COc3ccc(OCC)c(F)c3F)cc2)CO1. The summed E-state index contributed by atoms with van der Waals surface area (Å²) in [5, 5.41) is 0. The van der Waals surface area contributed by atoms with Crippen LogP contribution < -0.4 is 9.47 Å². The van der Waals surface area contributed by atoms with Crippen molar-refractivity contribution in [2.24, 2.45) is 0 Å². The first-order chi connectivity index (χ1) is 14.1. The monoisotopic (exact) mass is 404 g/mol. The molecule has 2 atom stereocenters. The highest BCUT2D eigenvalue weighted by Gasteiger charge is 2.22. The Balaban J connectivity index is 1.53. The number of rotatable bonds is 9. The van der Waals surface area contributed by atoms with Crippen molar-refractivity contribution in [2.75, 3.05) is 13.2 Å². The van der Waals surface area contributed by atoms with Crippen molar-refractivity contribution in [1.29, 1.82) is 0 Å². The van der Waals surface area contributed by atoms with E-state index in [1.807, 2.05) is 12.1 Å². The molecule has 0 spiro atoms. The molecule has 3 rings (SSSR count). The van der Waals surface area contributed by atoms with Crippen LogP contribution in [0.4, 0.5) is 8.78 Å². The maximum atomic E-state index is 14.1. The number of hydrogen-bond donors (Lipinski definition) is 0. The van der Waals surface area contributed by atoms with Gasteiger partial charge in [-0.3, -0.25) is 0 Å². The molecule has 1 aliphatic rings. The molecule has 29 heavy (non-hydrogen) atoms. The van der Waals surface area contributed by atoms with Crippen LogP contribution in [0.15, 0.2) is 36.4 Å². The van der Waals surface area contributed by atoms with E-state index < -0.39 is 11.6 Å². The van der Waals surface area contributed by atoms with E-state index in [0.717, 1.165) is 31.4 Å². The van der Waals surface area contributed by atoms with Gasteiger partial charge in [0.1, 0.15) is 6.61 Å². The minimum atomic E-state index is -1.02. The largest absolute Gasteiger partial charge is 0.491 e.